The molecule has 5 heteroatoms. The van der Waals surface area contributed by atoms with E-state index >= 15 is 0 Å². The van der Waals surface area contributed by atoms with Gasteiger partial charge in [-0.3, -0.25) is 4.79 Å². The number of amides is 1. The molecule has 1 aromatic carbocycles. The maximum atomic E-state index is 12.9. The summed E-state index contributed by atoms with van der Waals surface area (Å²) in [5, 5.41) is 11.2. The predicted octanol–water partition coefficient (Wildman–Crippen LogP) is 2.24. The minimum atomic E-state index is -0.826. The molecule has 0 heterocycles. The number of hydrogen-bond donors (Lipinski definition) is 1. The molecular formula is C12H12F2N2O. The van der Waals surface area contributed by atoms with Gasteiger partial charge in [0.1, 0.15) is 17.7 Å². The minimum Gasteiger partial charge on any atom is -0.336 e. The molecule has 0 aliphatic rings. The fourth-order valence-corrected chi connectivity index (χ4v) is 1.26. The first-order valence-electron chi connectivity index (χ1n) is 5.10. The number of nitrogens with one attached hydrogen (secondary N) is 1. The van der Waals surface area contributed by atoms with Crippen molar-refractivity contribution in [1.82, 2.24) is 5.32 Å². The van der Waals surface area contributed by atoms with Crippen molar-refractivity contribution in [2.45, 2.75) is 19.9 Å². The highest BCUT2D eigenvalue weighted by Gasteiger charge is 2.17. The van der Waals surface area contributed by atoms with Gasteiger partial charge in [-0.05, 0) is 18.1 Å². The Kier molecular flexibility index (Phi) is 4.16. The second-order valence-corrected chi connectivity index (χ2v) is 3.98. The van der Waals surface area contributed by atoms with E-state index in [9.17, 15) is 13.6 Å². The van der Waals surface area contributed by atoms with Crippen LogP contribution in [-0.4, -0.2) is 11.9 Å². The number of halogens is 2. The highest BCUT2D eigenvalue weighted by molar-refractivity contribution is 5.94. The molecule has 1 rings (SSSR count). The third-order valence-electron chi connectivity index (χ3n) is 2.22. The van der Waals surface area contributed by atoms with Crippen molar-refractivity contribution in [2.24, 2.45) is 5.92 Å². The lowest BCUT2D eigenvalue weighted by Crippen LogP contribution is -2.37. The Morgan fingerprint density at radius 3 is 2.24 bits per heavy atom. The van der Waals surface area contributed by atoms with E-state index in [2.05, 4.69) is 5.32 Å². The van der Waals surface area contributed by atoms with E-state index in [1.165, 1.54) is 0 Å². The van der Waals surface area contributed by atoms with Crippen LogP contribution >= 0.6 is 0 Å². The Morgan fingerprint density at radius 1 is 1.29 bits per heavy atom. The lowest BCUT2D eigenvalue weighted by atomic mass is 10.1. The summed E-state index contributed by atoms with van der Waals surface area (Å²) in [7, 11) is 0. The summed E-state index contributed by atoms with van der Waals surface area (Å²) in [5.41, 5.74) is -0.136. The summed E-state index contributed by atoms with van der Waals surface area (Å²) in [4.78, 5) is 11.6. The molecular weight excluding hydrogens is 226 g/mol. The summed E-state index contributed by atoms with van der Waals surface area (Å²) in [6, 6.07) is 3.75. The fourth-order valence-electron chi connectivity index (χ4n) is 1.26. The fraction of sp³-hybridized carbons (Fsp3) is 0.333. The molecule has 0 saturated carbocycles. The number of rotatable bonds is 3. The van der Waals surface area contributed by atoms with Crippen LogP contribution in [0.25, 0.3) is 0 Å². The Balaban J connectivity index is 2.87. The first-order chi connectivity index (χ1) is 7.93. The van der Waals surface area contributed by atoms with Crippen LogP contribution in [0, 0.1) is 28.9 Å². The van der Waals surface area contributed by atoms with Crippen LogP contribution in [0.3, 0.4) is 0 Å². The first kappa shape index (κ1) is 13.1. The molecule has 0 spiro atoms. The molecule has 0 fully saturated rings. The zero-order valence-electron chi connectivity index (χ0n) is 9.50. The highest BCUT2D eigenvalue weighted by atomic mass is 19.1. The first-order valence-corrected chi connectivity index (χ1v) is 5.10. The summed E-state index contributed by atoms with van der Waals surface area (Å²) in [6.45, 7) is 3.53. The minimum absolute atomic E-state index is 0.0812. The normalized spacial score (nSPS) is 12.0. The van der Waals surface area contributed by atoms with Gasteiger partial charge in [0.05, 0.1) is 6.07 Å². The van der Waals surface area contributed by atoms with Gasteiger partial charge in [-0.2, -0.15) is 5.26 Å². The number of carbonyl (C=O) groups excluding carboxylic acids is 1. The van der Waals surface area contributed by atoms with Crippen LogP contribution in [0.5, 0.6) is 0 Å². The Bertz CT molecular complexity index is 446. The third kappa shape index (κ3) is 3.52. The SMILES string of the molecule is CC(C)C(C#N)NC(=O)c1cc(F)cc(F)c1. The largest absolute Gasteiger partial charge is 0.336 e. The summed E-state index contributed by atoms with van der Waals surface area (Å²) in [6.07, 6.45) is 0. The zero-order chi connectivity index (χ0) is 13.0. The van der Waals surface area contributed by atoms with Gasteiger partial charge in [-0.1, -0.05) is 13.8 Å². The zero-order valence-corrected chi connectivity index (χ0v) is 9.50. The second kappa shape index (κ2) is 5.39. The van der Waals surface area contributed by atoms with Gasteiger partial charge in [0.15, 0.2) is 0 Å². The Morgan fingerprint density at radius 2 is 1.82 bits per heavy atom. The molecule has 0 bridgehead atoms. The van der Waals surface area contributed by atoms with Gasteiger partial charge in [0, 0.05) is 11.6 Å². The van der Waals surface area contributed by atoms with Crippen LogP contribution in [0.4, 0.5) is 8.78 Å². The molecule has 1 aromatic rings. The molecule has 0 aromatic heterocycles. The van der Waals surface area contributed by atoms with Crippen molar-refractivity contribution in [3.8, 4) is 6.07 Å². The summed E-state index contributed by atoms with van der Waals surface area (Å²) in [5.74, 6) is -2.40. The topological polar surface area (TPSA) is 52.9 Å². The van der Waals surface area contributed by atoms with Crippen molar-refractivity contribution < 1.29 is 13.6 Å². The Hall–Kier alpha value is -1.96. The van der Waals surface area contributed by atoms with E-state index < -0.39 is 23.6 Å². The maximum absolute atomic E-state index is 12.9. The van der Waals surface area contributed by atoms with Crippen LogP contribution in [-0.2, 0) is 0 Å². The van der Waals surface area contributed by atoms with Gasteiger partial charge >= 0.3 is 0 Å². The van der Waals surface area contributed by atoms with E-state index in [4.69, 9.17) is 5.26 Å². The van der Waals surface area contributed by atoms with Gasteiger partial charge in [0.25, 0.3) is 5.91 Å². The van der Waals surface area contributed by atoms with E-state index in [1.54, 1.807) is 13.8 Å². The van der Waals surface area contributed by atoms with Crippen LogP contribution in [0.2, 0.25) is 0 Å². The van der Waals surface area contributed by atoms with Crippen molar-refractivity contribution in [1.29, 1.82) is 5.26 Å². The van der Waals surface area contributed by atoms with Crippen molar-refractivity contribution in [2.75, 3.05) is 0 Å². The molecule has 1 atom stereocenters. The molecule has 3 nitrogen and oxygen atoms in total. The Labute approximate surface area is 98.1 Å². The van der Waals surface area contributed by atoms with Gasteiger partial charge in [0.2, 0.25) is 0 Å². The van der Waals surface area contributed by atoms with E-state index in [0.29, 0.717) is 6.07 Å². The molecule has 90 valence electrons. The van der Waals surface area contributed by atoms with Gasteiger partial charge < -0.3 is 5.32 Å². The molecule has 0 saturated heterocycles. The van der Waals surface area contributed by atoms with Gasteiger partial charge in [-0.25, -0.2) is 8.78 Å². The van der Waals surface area contributed by atoms with Gasteiger partial charge in [-0.15, -0.1) is 0 Å². The molecule has 17 heavy (non-hydrogen) atoms. The standard InChI is InChI=1S/C12H12F2N2O/c1-7(2)11(6-15)16-12(17)8-3-9(13)5-10(14)4-8/h3-5,7,11H,1-2H3,(H,16,17). The lowest BCUT2D eigenvalue weighted by Gasteiger charge is -2.14. The van der Waals surface area contributed by atoms with E-state index in [1.807, 2.05) is 6.07 Å². The highest BCUT2D eigenvalue weighted by Crippen LogP contribution is 2.09. The molecule has 0 radical (unpaired) electrons. The number of benzene rings is 1. The number of nitrogens with zero attached hydrogens (tertiary/aromatic N) is 1. The average molecular weight is 238 g/mol. The van der Waals surface area contributed by atoms with Crippen molar-refractivity contribution >= 4 is 5.91 Å². The number of hydrogen-bond acceptors (Lipinski definition) is 2. The lowest BCUT2D eigenvalue weighted by molar-refractivity contribution is 0.0936. The van der Waals surface area contributed by atoms with Crippen LogP contribution in [0.15, 0.2) is 18.2 Å². The predicted molar refractivity (Wildman–Crippen MR) is 58.1 cm³/mol. The quantitative estimate of drug-likeness (QED) is 0.878. The van der Waals surface area contributed by atoms with E-state index in [-0.39, 0.29) is 11.5 Å². The molecule has 0 aliphatic carbocycles. The molecule has 1 N–H and O–H groups in total. The van der Waals surface area contributed by atoms with E-state index in [0.717, 1.165) is 12.1 Å². The summed E-state index contributed by atoms with van der Waals surface area (Å²) < 4.78 is 25.8. The van der Waals surface area contributed by atoms with Crippen LogP contribution < -0.4 is 5.32 Å². The van der Waals surface area contributed by atoms with Crippen molar-refractivity contribution in [3.05, 3.63) is 35.4 Å². The number of nitriles is 1. The number of carbonyl (C=O) groups is 1. The van der Waals surface area contributed by atoms with Crippen LogP contribution in [0.1, 0.15) is 24.2 Å². The van der Waals surface area contributed by atoms with Crippen molar-refractivity contribution in [3.63, 3.8) is 0 Å². The summed E-state index contributed by atoms with van der Waals surface area (Å²) >= 11 is 0. The molecule has 0 aliphatic heterocycles. The molecule has 1 unspecified atom stereocenters. The maximum Gasteiger partial charge on any atom is 0.252 e. The smallest absolute Gasteiger partial charge is 0.252 e. The second-order valence-electron chi connectivity index (χ2n) is 3.98. The average Bonchev–Trinajstić information content (AvgIpc) is 2.23. The molecule has 1 amide bonds. The third-order valence-corrected chi connectivity index (χ3v) is 2.22. The monoisotopic (exact) mass is 238 g/mol.